The Kier molecular flexibility index (Phi) is 6.98. The van der Waals surface area contributed by atoms with Gasteiger partial charge in [0.2, 0.25) is 5.60 Å². The highest BCUT2D eigenvalue weighted by atomic mass is 32.2. The van der Waals surface area contributed by atoms with Gasteiger partial charge in [0.05, 0.1) is 4.90 Å². The van der Waals surface area contributed by atoms with Crippen LogP contribution in [-0.2, 0) is 15.6 Å². The lowest BCUT2D eigenvalue weighted by atomic mass is 9.94. The number of hydrogen-bond donors (Lipinski definition) is 1. The van der Waals surface area contributed by atoms with Crippen LogP contribution >= 0.6 is 0 Å². The van der Waals surface area contributed by atoms with Crippen LogP contribution in [0.25, 0.3) is 0 Å². The number of alkyl halides is 3. The molecule has 0 aromatic heterocycles. The average molecular weight is 425 g/mol. The fourth-order valence-electron chi connectivity index (χ4n) is 2.50. The largest absolute Gasteiger partial charge is 0.433 e. The molecule has 4 nitrogen and oxygen atoms in total. The van der Waals surface area contributed by atoms with Crippen LogP contribution in [-0.4, -0.2) is 30.6 Å². The molecule has 0 heterocycles. The Bertz CT molecular complexity index is 978. The molecule has 1 atom stereocenters. The minimum Gasteiger partial charge on any atom is -0.366 e. The second-order valence-electron chi connectivity index (χ2n) is 6.55. The monoisotopic (exact) mass is 425 g/mol. The Morgan fingerprint density at radius 3 is 2.14 bits per heavy atom. The molecule has 0 aliphatic rings. The van der Waals surface area contributed by atoms with E-state index in [4.69, 9.17) is 0 Å². The number of nitrogens with zero attached hydrogens (tertiary/aromatic N) is 1. The third-order valence-corrected chi connectivity index (χ3v) is 6.01. The first kappa shape index (κ1) is 22.8. The summed E-state index contributed by atoms with van der Waals surface area (Å²) in [4.78, 5) is -0.0798. The molecule has 2 aromatic rings. The van der Waals surface area contributed by atoms with Crippen LogP contribution in [0.4, 0.5) is 13.2 Å². The molecule has 2 rings (SSSR count). The SMILES string of the molecule is CCCCN(C#CC(O)(c1ccccc1)C(F)(F)F)S(=O)(=O)c1ccc(C)cc1. The molecule has 0 bridgehead atoms. The number of aryl methyl sites for hydroxylation is 1. The zero-order chi connectivity index (χ0) is 21.7. The van der Waals surface area contributed by atoms with Crippen LogP contribution in [0.1, 0.15) is 30.9 Å². The van der Waals surface area contributed by atoms with E-state index < -0.39 is 27.4 Å². The molecular weight excluding hydrogens is 403 g/mol. The van der Waals surface area contributed by atoms with Gasteiger partial charge in [0.1, 0.15) is 0 Å². The summed E-state index contributed by atoms with van der Waals surface area (Å²) in [5.41, 5.74) is -3.14. The predicted molar refractivity (Wildman–Crippen MR) is 104 cm³/mol. The average Bonchev–Trinajstić information content (AvgIpc) is 2.67. The Hall–Kier alpha value is -2.50. The highest BCUT2D eigenvalue weighted by Gasteiger charge is 2.54. The van der Waals surface area contributed by atoms with Gasteiger partial charge in [-0.3, -0.25) is 0 Å². The molecule has 2 aromatic carbocycles. The van der Waals surface area contributed by atoms with E-state index in [0.29, 0.717) is 17.1 Å². The standard InChI is InChI=1S/C21H22F3NO3S/c1-3-4-15-25(29(27,28)19-12-10-17(2)11-13-19)16-14-20(26,21(22,23)24)18-8-6-5-7-9-18/h5-13,26H,3-4,15H2,1-2H3. The lowest BCUT2D eigenvalue weighted by Gasteiger charge is -2.26. The van der Waals surface area contributed by atoms with Crippen molar-refractivity contribution in [2.45, 2.75) is 43.4 Å². The molecule has 29 heavy (non-hydrogen) atoms. The molecule has 0 amide bonds. The smallest absolute Gasteiger partial charge is 0.366 e. The Balaban J connectivity index is 2.54. The quantitative estimate of drug-likeness (QED) is 0.558. The molecule has 1 N–H and O–H groups in total. The third-order valence-electron chi connectivity index (χ3n) is 4.29. The molecule has 0 spiro atoms. The summed E-state index contributed by atoms with van der Waals surface area (Å²) >= 11 is 0. The lowest BCUT2D eigenvalue weighted by Crippen LogP contribution is -2.41. The van der Waals surface area contributed by atoms with Crippen molar-refractivity contribution in [3.8, 4) is 12.0 Å². The molecule has 0 aliphatic carbocycles. The highest BCUT2D eigenvalue weighted by molar-refractivity contribution is 7.89. The van der Waals surface area contributed by atoms with Crippen molar-refractivity contribution >= 4 is 10.0 Å². The first-order chi connectivity index (χ1) is 13.5. The molecule has 0 fully saturated rings. The molecule has 0 saturated carbocycles. The van der Waals surface area contributed by atoms with E-state index in [1.165, 1.54) is 30.3 Å². The number of hydrogen-bond acceptors (Lipinski definition) is 3. The van der Waals surface area contributed by atoms with Crippen LogP contribution < -0.4 is 0 Å². The van der Waals surface area contributed by atoms with E-state index >= 15 is 0 Å². The molecule has 156 valence electrons. The second kappa shape index (κ2) is 8.89. The summed E-state index contributed by atoms with van der Waals surface area (Å²) in [5, 5.41) is 10.3. The van der Waals surface area contributed by atoms with E-state index in [2.05, 4.69) is 6.04 Å². The van der Waals surface area contributed by atoms with Gasteiger partial charge in [0.25, 0.3) is 10.0 Å². The maximum absolute atomic E-state index is 13.6. The van der Waals surface area contributed by atoms with E-state index in [1.54, 1.807) is 25.0 Å². The molecule has 1 unspecified atom stereocenters. The first-order valence-electron chi connectivity index (χ1n) is 8.99. The van der Waals surface area contributed by atoms with Gasteiger partial charge >= 0.3 is 6.18 Å². The Morgan fingerprint density at radius 2 is 1.62 bits per heavy atom. The fourth-order valence-corrected chi connectivity index (χ4v) is 3.77. The van der Waals surface area contributed by atoms with Gasteiger partial charge < -0.3 is 5.11 Å². The molecule has 8 heteroatoms. The summed E-state index contributed by atoms with van der Waals surface area (Å²) in [6.07, 6.45) is -4.11. The predicted octanol–water partition coefficient (Wildman–Crippen LogP) is 4.20. The highest BCUT2D eigenvalue weighted by Crippen LogP contribution is 2.38. The summed E-state index contributed by atoms with van der Waals surface area (Å²) < 4.78 is 67.4. The number of benzene rings is 2. The summed E-state index contributed by atoms with van der Waals surface area (Å²) in [6, 6.07) is 14.4. The Labute approximate surface area is 169 Å². The van der Waals surface area contributed by atoms with Gasteiger partial charge in [-0.2, -0.15) is 13.2 Å². The molecule has 0 saturated heterocycles. The summed E-state index contributed by atoms with van der Waals surface area (Å²) in [5.74, 6) is 1.78. The van der Waals surface area contributed by atoms with Crippen LogP contribution in [0, 0.1) is 18.9 Å². The van der Waals surface area contributed by atoms with Crippen molar-refractivity contribution < 1.29 is 26.7 Å². The van der Waals surface area contributed by atoms with Crippen molar-refractivity contribution in [1.82, 2.24) is 4.31 Å². The van der Waals surface area contributed by atoms with Crippen LogP contribution in [0.15, 0.2) is 59.5 Å². The molecule has 0 radical (unpaired) electrons. The van der Waals surface area contributed by atoms with E-state index in [1.807, 2.05) is 6.92 Å². The van der Waals surface area contributed by atoms with Crippen molar-refractivity contribution in [2.24, 2.45) is 0 Å². The Morgan fingerprint density at radius 1 is 1.03 bits per heavy atom. The van der Waals surface area contributed by atoms with Gasteiger partial charge in [0, 0.05) is 18.2 Å². The van der Waals surface area contributed by atoms with Crippen molar-refractivity contribution in [3.05, 3.63) is 65.7 Å². The van der Waals surface area contributed by atoms with Crippen LogP contribution in [0.3, 0.4) is 0 Å². The molecular formula is C21H22F3NO3S. The van der Waals surface area contributed by atoms with Crippen LogP contribution in [0.5, 0.6) is 0 Å². The van der Waals surface area contributed by atoms with Gasteiger partial charge in [-0.05, 0) is 31.4 Å². The molecule has 0 aliphatic heterocycles. The number of rotatable bonds is 6. The normalized spacial score (nSPS) is 13.9. The van der Waals surface area contributed by atoms with E-state index in [0.717, 1.165) is 17.7 Å². The topological polar surface area (TPSA) is 57.6 Å². The lowest BCUT2D eigenvalue weighted by molar-refractivity contribution is -0.240. The van der Waals surface area contributed by atoms with Crippen molar-refractivity contribution in [1.29, 1.82) is 0 Å². The van der Waals surface area contributed by atoms with E-state index in [9.17, 15) is 26.7 Å². The van der Waals surface area contributed by atoms with Gasteiger partial charge in [-0.1, -0.05) is 61.4 Å². The van der Waals surface area contributed by atoms with Gasteiger partial charge in [-0.25, -0.2) is 12.7 Å². The summed E-state index contributed by atoms with van der Waals surface area (Å²) in [6.45, 7) is 3.51. The zero-order valence-corrected chi connectivity index (χ0v) is 16.9. The number of unbranched alkanes of at least 4 members (excludes halogenated alkanes) is 1. The number of sulfonamides is 1. The maximum atomic E-state index is 13.6. The fraction of sp³-hybridized carbons (Fsp3) is 0.333. The van der Waals surface area contributed by atoms with Crippen molar-refractivity contribution in [2.75, 3.05) is 6.54 Å². The maximum Gasteiger partial charge on any atom is 0.433 e. The third kappa shape index (κ3) is 5.11. The van der Waals surface area contributed by atoms with E-state index in [-0.39, 0.29) is 11.4 Å². The minimum atomic E-state index is -5.12. The number of aliphatic hydroxyl groups is 1. The van der Waals surface area contributed by atoms with Gasteiger partial charge in [0.15, 0.2) is 0 Å². The van der Waals surface area contributed by atoms with Crippen molar-refractivity contribution in [3.63, 3.8) is 0 Å². The van der Waals surface area contributed by atoms with Gasteiger partial charge in [-0.15, -0.1) is 0 Å². The first-order valence-corrected chi connectivity index (χ1v) is 10.4. The summed E-state index contributed by atoms with van der Waals surface area (Å²) in [7, 11) is -4.16. The minimum absolute atomic E-state index is 0.0798. The second-order valence-corrected chi connectivity index (χ2v) is 8.42. The zero-order valence-electron chi connectivity index (χ0n) is 16.1. The number of halogens is 3. The van der Waals surface area contributed by atoms with Crippen LogP contribution in [0.2, 0.25) is 0 Å².